The van der Waals surface area contributed by atoms with Crippen LogP contribution in [0.25, 0.3) is 0 Å². The molecule has 0 saturated carbocycles. The summed E-state index contributed by atoms with van der Waals surface area (Å²) >= 11 is 5.76. The van der Waals surface area contributed by atoms with Gasteiger partial charge in [-0.3, -0.25) is 0 Å². The van der Waals surface area contributed by atoms with E-state index in [4.69, 9.17) is 16.7 Å². The first-order valence-electron chi connectivity index (χ1n) is 4.38. The highest BCUT2D eigenvalue weighted by atomic mass is 35.5. The largest absolute Gasteiger partial charge is 0.480 e. The summed E-state index contributed by atoms with van der Waals surface area (Å²) in [5, 5.41) is 12.3. The third-order valence-corrected chi connectivity index (χ3v) is 2.11. The van der Waals surface area contributed by atoms with Crippen LogP contribution in [0.5, 0.6) is 0 Å². The summed E-state index contributed by atoms with van der Waals surface area (Å²) < 4.78 is 0. The van der Waals surface area contributed by atoms with Crippen LogP contribution in [0.2, 0.25) is 5.02 Å². The van der Waals surface area contributed by atoms with E-state index >= 15 is 0 Å². The van der Waals surface area contributed by atoms with E-state index in [9.17, 15) is 4.79 Å². The average molecular weight is 214 g/mol. The number of nitrogens with one attached hydrogen (secondary N) is 1. The Balaban J connectivity index is 2.72. The molecule has 0 aliphatic heterocycles. The molecular formula is C10H12ClNO2. The van der Waals surface area contributed by atoms with Gasteiger partial charge in [-0.25, -0.2) is 4.79 Å². The SMILES string of the molecule is CCC(Nc1cccc(Cl)c1)C(=O)O. The molecule has 4 heteroatoms. The Kier molecular flexibility index (Phi) is 3.77. The number of anilines is 1. The fraction of sp³-hybridized carbons (Fsp3) is 0.300. The third kappa shape index (κ3) is 2.92. The van der Waals surface area contributed by atoms with E-state index in [1.54, 1.807) is 24.3 Å². The molecule has 0 heterocycles. The summed E-state index contributed by atoms with van der Waals surface area (Å²) in [6, 6.07) is 6.45. The van der Waals surface area contributed by atoms with Crippen molar-refractivity contribution in [2.75, 3.05) is 5.32 Å². The summed E-state index contributed by atoms with van der Waals surface area (Å²) in [7, 11) is 0. The van der Waals surface area contributed by atoms with Crippen LogP contribution in [0.1, 0.15) is 13.3 Å². The van der Waals surface area contributed by atoms with E-state index in [1.807, 2.05) is 6.92 Å². The van der Waals surface area contributed by atoms with Gasteiger partial charge in [0.2, 0.25) is 0 Å². The van der Waals surface area contributed by atoms with E-state index in [1.165, 1.54) is 0 Å². The standard InChI is InChI=1S/C10H12ClNO2/c1-2-9(10(13)14)12-8-5-3-4-7(11)6-8/h3-6,9,12H,2H2,1H3,(H,13,14). The van der Waals surface area contributed by atoms with Crippen LogP contribution in [0.3, 0.4) is 0 Å². The highest BCUT2D eigenvalue weighted by Crippen LogP contribution is 2.16. The number of hydrogen-bond donors (Lipinski definition) is 2. The minimum Gasteiger partial charge on any atom is -0.480 e. The monoisotopic (exact) mass is 213 g/mol. The Hall–Kier alpha value is -1.22. The van der Waals surface area contributed by atoms with Gasteiger partial charge >= 0.3 is 5.97 Å². The van der Waals surface area contributed by atoms with Crippen molar-refractivity contribution in [3.63, 3.8) is 0 Å². The first-order valence-corrected chi connectivity index (χ1v) is 4.76. The molecule has 14 heavy (non-hydrogen) atoms. The first kappa shape index (κ1) is 10.9. The van der Waals surface area contributed by atoms with Crippen molar-refractivity contribution >= 4 is 23.3 Å². The van der Waals surface area contributed by atoms with Gasteiger partial charge in [0.1, 0.15) is 6.04 Å². The zero-order valence-electron chi connectivity index (χ0n) is 7.83. The minimum atomic E-state index is -0.854. The Labute approximate surface area is 87.7 Å². The summed E-state index contributed by atoms with van der Waals surface area (Å²) in [5.74, 6) is -0.854. The average Bonchev–Trinajstić information content (AvgIpc) is 2.14. The molecule has 0 radical (unpaired) electrons. The number of halogens is 1. The van der Waals surface area contributed by atoms with E-state index < -0.39 is 12.0 Å². The minimum absolute atomic E-state index is 0.530. The lowest BCUT2D eigenvalue weighted by Crippen LogP contribution is -2.28. The van der Waals surface area contributed by atoms with Gasteiger partial charge in [-0.15, -0.1) is 0 Å². The molecule has 0 aliphatic carbocycles. The molecule has 0 amide bonds. The molecule has 0 aromatic heterocycles. The summed E-state index contributed by atoms with van der Waals surface area (Å²) in [4.78, 5) is 10.7. The Morgan fingerprint density at radius 1 is 1.64 bits per heavy atom. The van der Waals surface area contributed by atoms with E-state index in [-0.39, 0.29) is 0 Å². The van der Waals surface area contributed by atoms with Crippen molar-refractivity contribution in [3.05, 3.63) is 29.3 Å². The summed E-state index contributed by atoms with van der Waals surface area (Å²) in [6.07, 6.45) is 0.530. The molecule has 0 fully saturated rings. The molecule has 1 unspecified atom stereocenters. The second kappa shape index (κ2) is 4.86. The molecule has 0 aliphatic rings. The van der Waals surface area contributed by atoms with Crippen molar-refractivity contribution < 1.29 is 9.90 Å². The number of hydrogen-bond acceptors (Lipinski definition) is 2. The molecule has 2 N–H and O–H groups in total. The van der Waals surface area contributed by atoms with Gasteiger partial charge in [0, 0.05) is 10.7 Å². The lowest BCUT2D eigenvalue weighted by molar-refractivity contribution is -0.137. The van der Waals surface area contributed by atoms with E-state index in [0.717, 1.165) is 5.69 Å². The maximum Gasteiger partial charge on any atom is 0.326 e. The molecular weight excluding hydrogens is 202 g/mol. The van der Waals surface area contributed by atoms with Crippen molar-refractivity contribution in [2.24, 2.45) is 0 Å². The van der Waals surface area contributed by atoms with Gasteiger partial charge in [-0.2, -0.15) is 0 Å². The second-order valence-corrected chi connectivity index (χ2v) is 3.39. The quantitative estimate of drug-likeness (QED) is 0.809. The topological polar surface area (TPSA) is 49.3 Å². The van der Waals surface area contributed by atoms with Crippen LogP contribution in [-0.4, -0.2) is 17.1 Å². The lowest BCUT2D eigenvalue weighted by atomic mass is 10.2. The lowest BCUT2D eigenvalue weighted by Gasteiger charge is -2.13. The van der Waals surface area contributed by atoms with Gasteiger partial charge in [0.05, 0.1) is 0 Å². The van der Waals surface area contributed by atoms with Crippen molar-refractivity contribution in [2.45, 2.75) is 19.4 Å². The Bertz CT molecular complexity index is 328. The smallest absolute Gasteiger partial charge is 0.326 e. The fourth-order valence-electron chi connectivity index (χ4n) is 1.12. The molecule has 1 aromatic carbocycles. The van der Waals surface area contributed by atoms with Crippen LogP contribution in [0.15, 0.2) is 24.3 Å². The van der Waals surface area contributed by atoms with Crippen LogP contribution in [-0.2, 0) is 4.79 Å². The predicted molar refractivity (Wildman–Crippen MR) is 56.8 cm³/mol. The predicted octanol–water partition coefficient (Wildman–Crippen LogP) is 2.62. The number of rotatable bonds is 4. The second-order valence-electron chi connectivity index (χ2n) is 2.95. The van der Waals surface area contributed by atoms with Gasteiger partial charge in [-0.05, 0) is 24.6 Å². The summed E-state index contributed by atoms with van der Waals surface area (Å²) in [6.45, 7) is 1.82. The normalized spacial score (nSPS) is 12.1. The highest BCUT2D eigenvalue weighted by Gasteiger charge is 2.13. The molecule has 0 spiro atoms. The molecule has 76 valence electrons. The maximum atomic E-state index is 10.7. The van der Waals surface area contributed by atoms with Crippen LogP contribution in [0, 0.1) is 0 Å². The van der Waals surface area contributed by atoms with Crippen LogP contribution in [0.4, 0.5) is 5.69 Å². The maximum absolute atomic E-state index is 10.7. The number of carboxylic acids is 1. The number of aliphatic carboxylic acids is 1. The third-order valence-electron chi connectivity index (χ3n) is 1.87. The number of carbonyl (C=O) groups is 1. The number of carboxylic acid groups (broad SMARTS) is 1. The van der Waals surface area contributed by atoms with Crippen molar-refractivity contribution in [3.8, 4) is 0 Å². The fourth-order valence-corrected chi connectivity index (χ4v) is 1.31. The van der Waals surface area contributed by atoms with Crippen LogP contribution >= 0.6 is 11.6 Å². The van der Waals surface area contributed by atoms with E-state index in [2.05, 4.69) is 5.32 Å². The molecule has 1 rings (SSSR count). The van der Waals surface area contributed by atoms with Crippen LogP contribution < -0.4 is 5.32 Å². The highest BCUT2D eigenvalue weighted by molar-refractivity contribution is 6.30. The molecule has 1 atom stereocenters. The van der Waals surface area contributed by atoms with Gasteiger partial charge in [0.25, 0.3) is 0 Å². The van der Waals surface area contributed by atoms with Crippen molar-refractivity contribution in [1.29, 1.82) is 0 Å². The zero-order chi connectivity index (χ0) is 10.6. The molecule has 0 saturated heterocycles. The van der Waals surface area contributed by atoms with Gasteiger partial charge in [-0.1, -0.05) is 24.6 Å². The summed E-state index contributed by atoms with van der Waals surface area (Å²) in [5.41, 5.74) is 0.728. The van der Waals surface area contributed by atoms with Gasteiger partial charge in [0.15, 0.2) is 0 Å². The Morgan fingerprint density at radius 2 is 2.36 bits per heavy atom. The number of benzene rings is 1. The van der Waals surface area contributed by atoms with Crippen molar-refractivity contribution in [1.82, 2.24) is 0 Å². The first-order chi connectivity index (χ1) is 6.63. The zero-order valence-corrected chi connectivity index (χ0v) is 8.58. The molecule has 1 aromatic rings. The molecule has 3 nitrogen and oxygen atoms in total. The Morgan fingerprint density at radius 3 is 2.86 bits per heavy atom. The molecule has 0 bridgehead atoms. The van der Waals surface area contributed by atoms with E-state index in [0.29, 0.717) is 11.4 Å². The van der Waals surface area contributed by atoms with Gasteiger partial charge < -0.3 is 10.4 Å².